The molecule has 0 saturated heterocycles. The number of oxazole rings is 1. The van der Waals surface area contributed by atoms with Gasteiger partial charge in [-0.15, -0.1) is 0 Å². The molecule has 98 valence electrons. The van der Waals surface area contributed by atoms with Gasteiger partial charge in [-0.1, -0.05) is 12.1 Å². The second kappa shape index (κ2) is 4.85. The van der Waals surface area contributed by atoms with Gasteiger partial charge < -0.3 is 13.6 Å². The molecular weight excluding hydrogens is 246 g/mol. The molecule has 2 aromatic heterocycles. The molecule has 3 aromatic rings. The summed E-state index contributed by atoms with van der Waals surface area (Å²) in [6, 6.07) is 7.28. The van der Waals surface area contributed by atoms with Crippen LogP contribution in [0, 0.1) is 0 Å². The van der Waals surface area contributed by atoms with E-state index in [1.165, 1.54) is 0 Å². The first-order valence-electron chi connectivity index (χ1n) is 6.18. The summed E-state index contributed by atoms with van der Waals surface area (Å²) < 4.78 is 15.9. The Morgan fingerprint density at radius 1 is 1.26 bits per heavy atom. The second-order valence-corrected chi connectivity index (χ2v) is 4.12. The highest BCUT2D eigenvalue weighted by atomic mass is 16.5. The number of fused-ring (bicyclic) bond motifs is 3. The average molecular weight is 259 g/mol. The van der Waals surface area contributed by atoms with Crippen molar-refractivity contribution in [1.82, 2.24) is 4.98 Å². The van der Waals surface area contributed by atoms with Crippen LogP contribution in [0.2, 0.25) is 0 Å². The lowest BCUT2D eigenvalue weighted by molar-refractivity contribution is 0.146. The van der Waals surface area contributed by atoms with E-state index in [1.807, 2.05) is 25.1 Å². The number of ether oxygens (including phenoxy) is 1. The van der Waals surface area contributed by atoms with Gasteiger partial charge >= 0.3 is 5.63 Å². The van der Waals surface area contributed by atoms with Gasteiger partial charge in [-0.3, -0.25) is 0 Å². The fraction of sp³-hybridized carbons (Fsp3) is 0.286. The van der Waals surface area contributed by atoms with Crippen molar-refractivity contribution < 1.29 is 13.6 Å². The molecule has 5 heteroatoms. The van der Waals surface area contributed by atoms with E-state index in [-0.39, 0.29) is 5.58 Å². The van der Waals surface area contributed by atoms with Gasteiger partial charge in [0.15, 0.2) is 5.89 Å². The lowest BCUT2D eigenvalue weighted by Crippen LogP contribution is -1.97. The molecule has 0 fully saturated rings. The van der Waals surface area contributed by atoms with E-state index in [0.717, 1.165) is 5.39 Å². The topological polar surface area (TPSA) is 65.5 Å². The second-order valence-electron chi connectivity index (χ2n) is 4.12. The number of aromatic nitrogens is 1. The third-order valence-corrected chi connectivity index (χ3v) is 2.87. The Kier molecular flexibility index (Phi) is 3.05. The summed E-state index contributed by atoms with van der Waals surface area (Å²) in [5.41, 5.74) is 0.747. The zero-order valence-corrected chi connectivity index (χ0v) is 10.5. The van der Waals surface area contributed by atoms with Crippen LogP contribution in [0.4, 0.5) is 0 Å². The highest BCUT2D eigenvalue weighted by Gasteiger charge is 2.14. The Labute approximate surface area is 108 Å². The van der Waals surface area contributed by atoms with Gasteiger partial charge in [-0.2, -0.15) is 0 Å². The molecule has 0 atom stereocenters. The van der Waals surface area contributed by atoms with Crippen LogP contribution in [0.15, 0.2) is 37.9 Å². The van der Waals surface area contributed by atoms with Gasteiger partial charge in [-0.05, 0) is 19.1 Å². The number of hydrogen-bond acceptors (Lipinski definition) is 5. The minimum atomic E-state index is -0.496. The Morgan fingerprint density at radius 2 is 2.11 bits per heavy atom. The molecule has 2 heterocycles. The largest absolute Gasteiger partial charge is 0.433 e. The predicted molar refractivity (Wildman–Crippen MR) is 70.2 cm³/mol. The fourth-order valence-corrected chi connectivity index (χ4v) is 1.99. The highest BCUT2D eigenvalue weighted by Crippen LogP contribution is 2.22. The van der Waals surface area contributed by atoms with Crippen LogP contribution in [-0.2, 0) is 11.2 Å². The van der Waals surface area contributed by atoms with Crippen molar-refractivity contribution in [3.63, 3.8) is 0 Å². The lowest BCUT2D eigenvalue weighted by atomic mass is 10.2. The summed E-state index contributed by atoms with van der Waals surface area (Å²) in [5, 5.41) is 0.781. The Bertz CT molecular complexity index is 772. The molecule has 1 aromatic carbocycles. The van der Waals surface area contributed by atoms with Crippen LogP contribution < -0.4 is 5.63 Å². The van der Waals surface area contributed by atoms with Crippen LogP contribution in [0.3, 0.4) is 0 Å². The van der Waals surface area contributed by atoms with E-state index in [2.05, 4.69) is 4.98 Å². The smallest absolute Gasteiger partial charge is 0.382 e. The molecule has 0 spiro atoms. The van der Waals surface area contributed by atoms with Crippen molar-refractivity contribution in [2.75, 3.05) is 13.2 Å². The van der Waals surface area contributed by atoms with E-state index >= 15 is 0 Å². The van der Waals surface area contributed by atoms with Crippen molar-refractivity contribution in [3.05, 3.63) is 40.6 Å². The summed E-state index contributed by atoms with van der Waals surface area (Å²) in [5.74, 6) is 0.493. The molecule has 0 unspecified atom stereocenters. The zero-order valence-electron chi connectivity index (χ0n) is 10.5. The predicted octanol–water partition coefficient (Wildman–Crippen LogP) is 2.51. The zero-order chi connectivity index (χ0) is 13.2. The number of rotatable bonds is 4. The Hall–Kier alpha value is -2.14. The summed E-state index contributed by atoms with van der Waals surface area (Å²) in [6.45, 7) is 3.09. The number of hydrogen-bond donors (Lipinski definition) is 0. The van der Waals surface area contributed by atoms with Crippen molar-refractivity contribution in [2.45, 2.75) is 13.3 Å². The molecule has 19 heavy (non-hydrogen) atoms. The summed E-state index contributed by atoms with van der Waals surface area (Å²) in [6.07, 6.45) is 0.538. The maximum atomic E-state index is 11.8. The van der Waals surface area contributed by atoms with Crippen LogP contribution in [0.1, 0.15) is 12.8 Å². The van der Waals surface area contributed by atoms with E-state index < -0.39 is 5.63 Å². The molecule has 0 saturated carbocycles. The highest BCUT2D eigenvalue weighted by molar-refractivity contribution is 5.99. The summed E-state index contributed by atoms with van der Waals surface area (Å²) >= 11 is 0. The minimum absolute atomic E-state index is 0.171. The van der Waals surface area contributed by atoms with Gasteiger partial charge in [0.05, 0.1) is 6.61 Å². The molecule has 0 amide bonds. The Balaban J connectivity index is 2.13. The molecule has 0 aliphatic carbocycles. The number of para-hydroxylation sites is 1. The first-order valence-corrected chi connectivity index (χ1v) is 6.18. The molecule has 0 radical (unpaired) electrons. The number of nitrogens with zero attached hydrogens (tertiary/aromatic N) is 1. The maximum absolute atomic E-state index is 11.8. The molecule has 5 nitrogen and oxygen atoms in total. The normalized spacial score (nSPS) is 11.4. The molecule has 0 aliphatic heterocycles. The lowest BCUT2D eigenvalue weighted by Gasteiger charge is -1.95. The molecule has 3 rings (SSSR count). The monoisotopic (exact) mass is 259 g/mol. The fourth-order valence-electron chi connectivity index (χ4n) is 1.99. The molecule has 0 aliphatic rings. The summed E-state index contributed by atoms with van der Waals surface area (Å²) in [4.78, 5) is 16.2. The van der Waals surface area contributed by atoms with Crippen molar-refractivity contribution in [1.29, 1.82) is 0 Å². The van der Waals surface area contributed by atoms with Gasteiger partial charge in [0.1, 0.15) is 11.1 Å². The quantitative estimate of drug-likeness (QED) is 0.532. The maximum Gasteiger partial charge on any atom is 0.382 e. The third-order valence-electron chi connectivity index (χ3n) is 2.87. The molecular formula is C14H13NO4. The Morgan fingerprint density at radius 3 is 2.95 bits per heavy atom. The van der Waals surface area contributed by atoms with Gasteiger partial charge in [-0.25, -0.2) is 9.78 Å². The number of benzene rings is 1. The van der Waals surface area contributed by atoms with Crippen LogP contribution >= 0.6 is 0 Å². The van der Waals surface area contributed by atoms with Crippen molar-refractivity contribution in [3.8, 4) is 0 Å². The van der Waals surface area contributed by atoms with Crippen molar-refractivity contribution >= 4 is 22.1 Å². The van der Waals surface area contributed by atoms with Crippen molar-refractivity contribution in [2.24, 2.45) is 0 Å². The van der Waals surface area contributed by atoms with E-state index in [0.29, 0.717) is 36.6 Å². The van der Waals surface area contributed by atoms with Crippen LogP contribution in [-0.4, -0.2) is 18.2 Å². The van der Waals surface area contributed by atoms with Gasteiger partial charge in [0.25, 0.3) is 0 Å². The van der Waals surface area contributed by atoms with E-state index in [4.69, 9.17) is 13.6 Å². The standard InChI is InChI=1S/C14H13NO4/c1-2-17-8-7-11-15-12-9-5-3-4-6-10(9)18-14(16)13(12)19-11/h3-6H,2,7-8H2,1H3. The van der Waals surface area contributed by atoms with E-state index in [1.54, 1.807) is 6.07 Å². The SMILES string of the molecule is CCOCCc1nc2c(o1)c(=O)oc1ccccc12. The first-order chi connectivity index (χ1) is 9.29. The van der Waals surface area contributed by atoms with Gasteiger partial charge in [0, 0.05) is 18.4 Å². The first kappa shape index (κ1) is 11.9. The van der Waals surface area contributed by atoms with Crippen LogP contribution in [0.5, 0.6) is 0 Å². The summed E-state index contributed by atoms with van der Waals surface area (Å²) in [7, 11) is 0. The molecule has 0 bridgehead atoms. The third kappa shape index (κ3) is 2.13. The van der Waals surface area contributed by atoms with Gasteiger partial charge in [0.2, 0.25) is 5.58 Å². The van der Waals surface area contributed by atoms with Crippen LogP contribution in [0.25, 0.3) is 22.1 Å². The molecule has 0 N–H and O–H groups in total. The minimum Gasteiger partial charge on any atom is -0.433 e. The van der Waals surface area contributed by atoms with E-state index in [9.17, 15) is 4.79 Å². The average Bonchev–Trinajstić information content (AvgIpc) is 2.84.